The van der Waals surface area contributed by atoms with Gasteiger partial charge >= 0.3 is 5.97 Å². The van der Waals surface area contributed by atoms with Crippen LogP contribution in [0.4, 0.5) is 0 Å². The maximum absolute atomic E-state index is 12.6. The molecule has 2 rings (SSSR count). The maximum Gasteiger partial charge on any atom is 0.307 e. The van der Waals surface area contributed by atoms with Crippen molar-refractivity contribution in [3.8, 4) is 5.75 Å². The molecule has 0 aliphatic carbocycles. The van der Waals surface area contributed by atoms with E-state index in [1.807, 2.05) is 6.07 Å². The minimum Gasteiger partial charge on any atom is -0.497 e. The van der Waals surface area contributed by atoms with Crippen LogP contribution in [0.1, 0.15) is 21.5 Å². The monoisotopic (exact) mass is 348 g/mol. The average Bonchev–Trinajstić information content (AvgIpc) is 2.46. The average molecular weight is 349 g/mol. The molecule has 0 aromatic heterocycles. The highest BCUT2D eigenvalue weighted by atomic mass is 79.9. The molecule has 0 saturated carbocycles. The second-order valence-electron chi connectivity index (χ2n) is 4.43. The molecule has 2 aromatic rings. The van der Waals surface area contributed by atoms with Gasteiger partial charge in [-0.1, -0.05) is 34.1 Å². The third-order valence-electron chi connectivity index (χ3n) is 2.99. The van der Waals surface area contributed by atoms with Crippen LogP contribution >= 0.6 is 15.9 Å². The number of rotatable bonds is 5. The number of aliphatic carboxylic acids is 1. The Morgan fingerprint density at radius 2 is 1.95 bits per heavy atom. The van der Waals surface area contributed by atoms with Crippen molar-refractivity contribution in [1.29, 1.82) is 0 Å². The molecule has 4 nitrogen and oxygen atoms in total. The number of ether oxygens (including phenoxy) is 1. The molecule has 0 saturated heterocycles. The summed E-state index contributed by atoms with van der Waals surface area (Å²) in [5.74, 6) is -0.697. The van der Waals surface area contributed by atoms with Crippen LogP contribution in [-0.4, -0.2) is 24.0 Å². The second-order valence-corrected chi connectivity index (χ2v) is 5.35. The van der Waals surface area contributed by atoms with E-state index in [1.165, 1.54) is 7.11 Å². The summed E-state index contributed by atoms with van der Waals surface area (Å²) in [5.41, 5.74) is 1.30. The summed E-state index contributed by atoms with van der Waals surface area (Å²) in [6.07, 6.45) is -0.209. The fourth-order valence-electron chi connectivity index (χ4n) is 2.00. The second kappa shape index (κ2) is 6.54. The highest BCUT2D eigenvalue weighted by Crippen LogP contribution is 2.23. The summed E-state index contributed by atoms with van der Waals surface area (Å²) in [5, 5.41) is 8.96. The Labute approximate surface area is 130 Å². The van der Waals surface area contributed by atoms with Crippen LogP contribution in [0.3, 0.4) is 0 Å². The van der Waals surface area contributed by atoms with Gasteiger partial charge in [0.25, 0.3) is 0 Å². The number of hydrogen-bond acceptors (Lipinski definition) is 3. The van der Waals surface area contributed by atoms with Crippen LogP contribution < -0.4 is 4.74 Å². The molecule has 0 aliphatic heterocycles. The summed E-state index contributed by atoms with van der Waals surface area (Å²) >= 11 is 3.32. The molecule has 5 heteroatoms. The molecule has 0 unspecified atom stereocenters. The summed E-state index contributed by atoms with van der Waals surface area (Å²) in [6.45, 7) is 0. The Bertz CT molecular complexity index is 694. The number of carboxylic acids is 1. The van der Waals surface area contributed by atoms with E-state index in [0.29, 0.717) is 22.4 Å². The van der Waals surface area contributed by atoms with E-state index in [2.05, 4.69) is 15.9 Å². The Kier molecular flexibility index (Phi) is 4.75. The molecular weight excluding hydrogens is 336 g/mol. The molecule has 21 heavy (non-hydrogen) atoms. The fraction of sp³-hybridized carbons (Fsp3) is 0.125. The van der Waals surface area contributed by atoms with Gasteiger partial charge in [-0.05, 0) is 29.8 Å². The largest absolute Gasteiger partial charge is 0.497 e. The lowest BCUT2D eigenvalue weighted by molar-refractivity contribution is -0.136. The molecule has 0 bridgehead atoms. The van der Waals surface area contributed by atoms with E-state index in [0.717, 1.165) is 4.47 Å². The predicted molar refractivity (Wildman–Crippen MR) is 81.9 cm³/mol. The standard InChI is InChI=1S/C16H13BrO4/c1-21-13-6-5-10(8-15(18)19)14(9-13)16(20)11-3-2-4-12(17)7-11/h2-7,9H,8H2,1H3,(H,18,19). The molecule has 1 N–H and O–H groups in total. The van der Waals surface area contributed by atoms with Gasteiger partial charge in [-0.25, -0.2) is 0 Å². The third-order valence-corrected chi connectivity index (χ3v) is 3.48. The first kappa shape index (κ1) is 15.3. The lowest BCUT2D eigenvalue weighted by atomic mass is 9.96. The van der Waals surface area contributed by atoms with E-state index in [4.69, 9.17) is 9.84 Å². The van der Waals surface area contributed by atoms with Gasteiger partial charge in [-0.3, -0.25) is 9.59 Å². The fourth-order valence-corrected chi connectivity index (χ4v) is 2.40. The minimum atomic E-state index is -0.983. The van der Waals surface area contributed by atoms with Crippen molar-refractivity contribution in [1.82, 2.24) is 0 Å². The number of methoxy groups -OCH3 is 1. The molecule has 2 aromatic carbocycles. The molecule has 0 spiro atoms. The van der Waals surface area contributed by atoms with Crippen LogP contribution in [0, 0.1) is 0 Å². The van der Waals surface area contributed by atoms with Crippen LogP contribution in [0.25, 0.3) is 0 Å². The predicted octanol–water partition coefficient (Wildman–Crippen LogP) is 3.32. The number of halogens is 1. The molecule has 0 heterocycles. The first-order valence-electron chi connectivity index (χ1n) is 6.20. The lowest BCUT2D eigenvalue weighted by Gasteiger charge is -2.10. The zero-order chi connectivity index (χ0) is 15.4. The minimum absolute atomic E-state index is 0.209. The van der Waals surface area contributed by atoms with Crippen molar-refractivity contribution in [3.05, 3.63) is 63.6 Å². The van der Waals surface area contributed by atoms with Gasteiger partial charge < -0.3 is 9.84 Å². The smallest absolute Gasteiger partial charge is 0.307 e. The zero-order valence-electron chi connectivity index (χ0n) is 11.3. The van der Waals surface area contributed by atoms with E-state index < -0.39 is 5.97 Å². The van der Waals surface area contributed by atoms with E-state index in [1.54, 1.807) is 36.4 Å². The highest BCUT2D eigenvalue weighted by molar-refractivity contribution is 9.10. The number of benzene rings is 2. The van der Waals surface area contributed by atoms with Crippen LogP contribution in [0.15, 0.2) is 46.9 Å². The van der Waals surface area contributed by atoms with Crippen LogP contribution in [0.2, 0.25) is 0 Å². The van der Waals surface area contributed by atoms with Gasteiger partial charge in [0.05, 0.1) is 13.5 Å². The lowest BCUT2D eigenvalue weighted by Crippen LogP contribution is -2.10. The topological polar surface area (TPSA) is 63.6 Å². The van der Waals surface area contributed by atoms with Gasteiger partial charge in [0, 0.05) is 15.6 Å². The van der Waals surface area contributed by atoms with Crippen LogP contribution in [0.5, 0.6) is 5.75 Å². The summed E-state index contributed by atoms with van der Waals surface area (Å²) in [4.78, 5) is 23.5. The van der Waals surface area contributed by atoms with Crippen molar-refractivity contribution in [2.45, 2.75) is 6.42 Å². The molecular formula is C16H13BrO4. The SMILES string of the molecule is COc1ccc(CC(=O)O)c(C(=O)c2cccc(Br)c2)c1. The van der Waals surface area contributed by atoms with E-state index in [9.17, 15) is 9.59 Å². The number of carbonyl (C=O) groups is 2. The van der Waals surface area contributed by atoms with Crippen molar-refractivity contribution in [3.63, 3.8) is 0 Å². The molecule has 0 radical (unpaired) electrons. The number of ketones is 1. The van der Waals surface area contributed by atoms with Crippen LogP contribution in [-0.2, 0) is 11.2 Å². The summed E-state index contributed by atoms with van der Waals surface area (Å²) in [6, 6.07) is 11.8. The number of carboxylic acid groups (broad SMARTS) is 1. The maximum atomic E-state index is 12.6. The highest BCUT2D eigenvalue weighted by Gasteiger charge is 2.17. The van der Waals surface area contributed by atoms with Crippen molar-refractivity contribution >= 4 is 27.7 Å². The van der Waals surface area contributed by atoms with Crippen molar-refractivity contribution in [2.75, 3.05) is 7.11 Å². The normalized spacial score (nSPS) is 10.2. The van der Waals surface area contributed by atoms with Gasteiger partial charge in [-0.15, -0.1) is 0 Å². The molecule has 0 fully saturated rings. The van der Waals surface area contributed by atoms with Crippen molar-refractivity contribution in [2.24, 2.45) is 0 Å². The first-order valence-corrected chi connectivity index (χ1v) is 6.99. The first-order chi connectivity index (χ1) is 10.0. The van der Waals surface area contributed by atoms with Gasteiger partial charge in [-0.2, -0.15) is 0 Å². The third kappa shape index (κ3) is 3.70. The van der Waals surface area contributed by atoms with Crippen molar-refractivity contribution < 1.29 is 19.4 Å². The number of hydrogen-bond donors (Lipinski definition) is 1. The van der Waals surface area contributed by atoms with Gasteiger partial charge in [0.1, 0.15) is 5.75 Å². The Morgan fingerprint density at radius 3 is 2.57 bits per heavy atom. The quantitative estimate of drug-likeness (QED) is 0.842. The van der Waals surface area contributed by atoms with Gasteiger partial charge in [0.15, 0.2) is 5.78 Å². The zero-order valence-corrected chi connectivity index (χ0v) is 12.9. The molecule has 0 amide bonds. The Balaban J connectivity index is 2.49. The summed E-state index contributed by atoms with van der Waals surface area (Å²) < 4.78 is 5.90. The number of carbonyl (C=O) groups excluding carboxylic acids is 1. The Hall–Kier alpha value is -2.14. The van der Waals surface area contributed by atoms with E-state index >= 15 is 0 Å². The molecule has 0 aliphatic rings. The van der Waals surface area contributed by atoms with E-state index in [-0.39, 0.29) is 12.2 Å². The summed E-state index contributed by atoms with van der Waals surface area (Å²) in [7, 11) is 1.50. The van der Waals surface area contributed by atoms with Gasteiger partial charge in [0.2, 0.25) is 0 Å². The molecule has 108 valence electrons. The Morgan fingerprint density at radius 1 is 1.19 bits per heavy atom. The molecule has 0 atom stereocenters.